The molecule has 0 atom stereocenters. The molecule has 0 unspecified atom stereocenters. The van der Waals surface area contributed by atoms with Crippen molar-refractivity contribution in [2.24, 2.45) is 0 Å². The number of hydrogen-bond donors (Lipinski definition) is 3. The lowest BCUT2D eigenvalue weighted by molar-refractivity contribution is -0.145. The van der Waals surface area contributed by atoms with Gasteiger partial charge < -0.3 is 19.9 Å². The van der Waals surface area contributed by atoms with E-state index >= 15 is 0 Å². The number of aromatic amines is 1. The Kier molecular flexibility index (Phi) is 7.58. The van der Waals surface area contributed by atoms with Crippen LogP contribution in [0.3, 0.4) is 0 Å². The fourth-order valence-electron chi connectivity index (χ4n) is 3.08. The fraction of sp³-hybridized carbons (Fsp3) is 0.125. The van der Waals surface area contributed by atoms with E-state index in [-0.39, 0.29) is 24.9 Å². The van der Waals surface area contributed by atoms with Crippen LogP contribution in [0.15, 0.2) is 76.5 Å². The number of phenolic OH excluding ortho intramolecular Hbond substituents is 1. The van der Waals surface area contributed by atoms with Crippen LogP contribution in [-0.4, -0.2) is 50.8 Å². The molecule has 1 heterocycles. The number of rotatable bonds is 9. The number of hydrogen-bond acceptors (Lipinski definition) is 9. The van der Waals surface area contributed by atoms with Gasteiger partial charge in [-0.3, -0.25) is 4.79 Å². The van der Waals surface area contributed by atoms with Crippen LogP contribution in [0.4, 0.5) is 5.69 Å². The van der Waals surface area contributed by atoms with Gasteiger partial charge in [-0.25, -0.2) is 9.89 Å². The van der Waals surface area contributed by atoms with Crippen LogP contribution in [0.25, 0.3) is 11.4 Å². The first-order valence-corrected chi connectivity index (χ1v) is 11.4. The number of nitrogens with one attached hydrogen (secondary N) is 2. The van der Waals surface area contributed by atoms with Crippen LogP contribution in [-0.2, 0) is 9.53 Å². The molecule has 10 nitrogen and oxygen atoms in total. The molecule has 0 saturated heterocycles. The fourth-order valence-corrected chi connectivity index (χ4v) is 4.15. The minimum Gasteiger partial charge on any atom is -0.508 e. The number of esters is 1. The van der Waals surface area contributed by atoms with E-state index in [0.717, 1.165) is 4.90 Å². The van der Waals surface area contributed by atoms with Gasteiger partial charge in [0.25, 0.3) is 5.91 Å². The standard InChI is InChI=1S/C24H21N5O5S/c1-2-33-22(31)14-34-17-10-7-15(8-11-17)24(32)25-19-5-3-4-6-20(19)35-21-13-16(30)9-12-18(21)23-26-28-29-27-23/h3-13,30H,2,14H2,1H3,(H,25,32)(H,26,27,28,29). The largest absolute Gasteiger partial charge is 0.508 e. The summed E-state index contributed by atoms with van der Waals surface area (Å²) < 4.78 is 10.2. The summed E-state index contributed by atoms with van der Waals surface area (Å²) in [5.74, 6) is 0.224. The van der Waals surface area contributed by atoms with E-state index in [1.165, 1.54) is 11.8 Å². The number of aromatic hydroxyl groups is 1. The van der Waals surface area contributed by atoms with Crippen molar-refractivity contribution in [3.05, 3.63) is 72.3 Å². The smallest absolute Gasteiger partial charge is 0.344 e. The number of benzene rings is 3. The van der Waals surface area contributed by atoms with Crippen molar-refractivity contribution in [2.75, 3.05) is 18.5 Å². The number of para-hydroxylation sites is 1. The highest BCUT2D eigenvalue weighted by molar-refractivity contribution is 7.99. The van der Waals surface area contributed by atoms with Gasteiger partial charge in [-0.1, -0.05) is 23.9 Å². The molecule has 0 bridgehead atoms. The molecule has 0 fully saturated rings. The molecule has 0 aliphatic heterocycles. The minimum absolute atomic E-state index is 0.0931. The average molecular weight is 492 g/mol. The first-order valence-electron chi connectivity index (χ1n) is 10.6. The zero-order valence-corrected chi connectivity index (χ0v) is 19.4. The molecule has 0 aliphatic carbocycles. The van der Waals surface area contributed by atoms with Crippen molar-refractivity contribution in [3.8, 4) is 22.9 Å². The topological polar surface area (TPSA) is 139 Å². The quantitative estimate of drug-likeness (QED) is 0.297. The maximum atomic E-state index is 12.9. The molecule has 35 heavy (non-hydrogen) atoms. The Balaban J connectivity index is 1.48. The number of ether oxygens (including phenoxy) is 2. The lowest BCUT2D eigenvalue weighted by Gasteiger charge is -2.13. The summed E-state index contributed by atoms with van der Waals surface area (Å²) in [6.45, 7) is 1.80. The molecule has 3 N–H and O–H groups in total. The van der Waals surface area contributed by atoms with Gasteiger partial charge in [-0.2, -0.15) is 0 Å². The number of H-pyrrole nitrogens is 1. The Morgan fingerprint density at radius 1 is 1.06 bits per heavy atom. The molecule has 0 radical (unpaired) electrons. The second kappa shape index (κ2) is 11.2. The highest BCUT2D eigenvalue weighted by Crippen LogP contribution is 2.39. The number of carbonyl (C=O) groups excluding carboxylic acids is 2. The predicted octanol–water partition coefficient (Wildman–Crippen LogP) is 3.92. The Morgan fingerprint density at radius 3 is 2.60 bits per heavy atom. The predicted molar refractivity (Wildman–Crippen MR) is 128 cm³/mol. The molecule has 4 rings (SSSR count). The molecule has 1 amide bonds. The maximum Gasteiger partial charge on any atom is 0.344 e. The van der Waals surface area contributed by atoms with Crippen molar-refractivity contribution < 1.29 is 24.2 Å². The molecule has 4 aromatic rings. The van der Waals surface area contributed by atoms with Gasteiger partial charge >= 0.3 is 5.97 Å². The SMILES string of the molecule is CCOC(=O)COc1ccc(C(=O)Nc2ccccc2Sc2cc(O)ccc2-c2nnn[nH]2)cc1. The molecular weight excluding hydrogens is 470 g/mol. The molecule has 11 heteroatoms. The van der Waals surface area contributed by atoms with Crippen LogP contribution in [0.5, 0.6) is 11.5 Å². The third kappa shape index (κ3) is 6.15. The van der Waals surface area contributed by atoms with Crippen LogP contribution in [0.1, 0.15) is 17.3 Å². The zero-order valence-electron chi connectivity index (χ0n) is 18.6. The van der Waals surface area contributed by atoms with Crippen molar-refractivity contribution in [1.82, 2.24) is 20.6 Å². The summed E-state index contributed by atoms with van der Waals surface area (Å²) in [7, 11) is 0. The van der Waals surface area contributed by atoms with Gasteiger partial charge in [0.2, 0.25) is 0 Å². The van der Waals surface area contributed by atoms with E-state index in [0.29, 0.717) is 33.3 Å². The van der Waals surface area contributed by atoms with E-state index in [9.17, 15) is 14.7 Å². The van der Waals surface area contributed by atoms with Crippen molar-refractivity contribution in [1.29, 1.82) is 0 Å². The summed E-state index contributed by atoms with van der Waals surface area (Å²) in [4.78, 5) is 25.8. The van der Waals surface area contributed by atoms with Crippen molar-refractivity contribution in [2.45, 2.75) is 16.7 Å². The van der Waals surface area contributed by atoms with E-state index < -0.39 is 5.97 Å². The monoisotopic (exact) mass is 491 g/mol. The summed E-state index contributed by atoms with van der Waals surface area (Å²) in [6.07, 6.45) is 0. The molecular formula is C24H21N5O5S. The van der Waals surface area contributed by atoms with Crippen molar-refractivity contribution >= 4 is 29.3 Å². The van der Waals surface area contributed by atoms with E-state index in [1.807, 2.05) is 18.2 Å². The summed E-state index contributed by atoms with van der Waals surface area (Å²) in [5, 5.41) is 26.8. The van der Waals surface area contributed by atoms with E-state index in [1.54, 1.807) is 55.5 Å². The molecule has 0 aliphatic rings. The van der Waals surface area contributed by atoms with Crippen molar-refractivity contribution in [3.63, 3.8) is 0 Å². The van der Waals surface area contributed by atoms with E-state index in [2.05, 4.69) is 25.9 Å². The second-order valence-corrected chi connectivity index (χ2v) is 8.18. The number of phenols is 1. The highest BCUT2D eigenvalue weighted by atomic mass is 32.2. The van der Waals surface area contributed by atoms with Gasteiger partial charge in [0.1, 0.15) is 11.5 Å². The van der Waals surface area contributed by atoms with Crippen LogP contribution < -0.4 is 10.1 Å². The second-order valence-electron chi connectivity index (χ2n) is 7.10. The summed E-state index contributed by atoms with van der Waals surface area (Å²) >= 11 is 1.35. The first-order chi connectivity index (χ1) is 17.0. The minimum atomic E-state index is -0.460. The lowest BCUT2D eigenvalue weighted by Crippen LogP contribution is -2.15. The summed E-state index contributed by atoms with van der Waals surface area (Å²) in [6, 6.07) is 18.6. The molecule has 178 valence electrons. The third-order valence-electron chi connectivity index (χ3n) is 4.70. The highest BCUT2D eigenvalue weighted by Gasteiger charge is 2.15. The summed E-state index contributed by atoms with van der Waals surface area (Å²) in [5.41, 5.74) is 1.71. The van der Waals surface area contributed by atoms with Crippen LogP contribution in [0.2, 0.25) is 0 Å². The van der Waals surface area contributed by atoms with Gasteiger partial charge in [0.05, 0.1) is 12.3 Å². The van der Waals surface area contributed by atoms with Gasteiger partial charge in [-0.15, -0.1) is 5.10 Å². The normalized spacial score (nSPS) is 10.5. The van der Waals surface area contributed by atoms with Gasteiger partial charge in [0.15, 0.2) is 12.4 Å². The Labute approximate surface area is 204 Å². The molecule has 0 saturated carbocycles. The Bertz CT molecular complexity index is 1310. The van der Waals surface area contributed by atoms with E-state index in [4.69, 9.17) is 9.47 Å². The number of aromatic nitrogens is 4. The lowest BCUT2D eigenvalue weighted by atomic mass is 10.2. The van der Waals surface area contributed by atoms with Gasteiger partial charge in [0, 0.05) is 20.9 Å². The number of amides is 1. The average Bonchev–Trinajstić information content (AvgIpc) is 3.39. The number of tetrazole rings is 1. The van der Waals surface area contributed by atoms with Crippen LogP contribution >= 0.6 is 11.8 Å². The number of carbonyl (C=O) groups is 2. The first kappa shape index (κ1) is 23.8. The van der Waals surface area contributed by atoms with Crippen LogP contribution in [0, 0.1) is 0 Å². The number of anilines is 1. The third-order valence-corrected chi connectivity index (χ3v) is 5.83. The Hall–Kier alpha value is -4.38. The molecule has 1 aromatic heterocycles. The number of nitrogens with zero attached hydrogens (tertiary/aromatic N) is 3. The molecule has 3 aromatic carbocycles. The zero-order chi connectivity index (χ0) is 24.6. The van der Waals surface area contributed by atoms with Gasteiger partial charge in [-0.05, 0) is 71.9 Å². The Morgan fingerprint density at radius 2 is 1.86 bits per heavy atom. The maximum absolute atomic E-state index is 12.9. The molecule has 0 spiro atoms.